The molecule has 1 aliphatic heterocycles. The summed E-state index contributed by atoms with van der Waals surface area (Å²) in [4.78, 5) is 2.28. The van der Waals surface area contributed by atoms with E-state index in [9.17, 15) is 4.39 Å². The highest BCUT2D eigenvalue weighted by molar-refractivity contribution is 5.57. The van der Waals surface area contributed by atoms with Gasteiger partial charge in [-0.15, -0.1) is 0 Å². The van der Waals surface area contributed by atoms with Crippen molar-refractivity contribution < 1.29 is 9.13 Å². The second-order valence-corrected chi connectivity index (χ2v) is 5.98. The van der Waals surface area contributed by atoms with Gasteiger partial charge in [-0.1, -0.05) is 19.3 Å². The number of nitrogens with two attached hydrogens (primary N) is 1. The summed E-state index contributed by atoms with van der Waals surface area (Å²) in [5, 5.41) is 0. The van der Waals surface area contributed by atoms with Crippen molar-refractivity contribution in [3.63, 3.8) is 0 Å². The van der Waals surface area contributed by atoms with Crippen LogP contribution in [0.15, 0.2) is 18.2 Å². The molecule has 0 aromatic heterocycles. The Morgan fingerprint density at radius 3 is 2.50 bits per heavy atom. The summed E-state index contributed by atoms with van der Waals surface area (Å²) in [7, 11) is 0. The molecule has 3 rings (SSSR count). The van der Waals surface area contributed by atoms with E-state index in [1.807, 2.05) is 6.07 Å². The minimum atomic E-state index is -0.367. The molecule has 0 amide bonds. The number of benzene rings is 1. The maximum atomic E-state index is 13.7. The summed E-state index contributed by atoms with van der Waals surface area (Å²) in [6.45, 7) is 3.17. The third kappa shape index (κ3) is 2.67. The van der Waals surface area contributed by atoms with Gasteiger partial charge >= 0.3 is 0 Å². The van der Waals surface area contributed by atoms with Crippen LogP contribution in [-0.2, 0) is 10.3 Å². The third-order valence-corrected chi connectivity index (χ3v) is 4.59. The number of morpholine rings is 1. The molecular weight excluding hydrogens is 255 g/mol. The molecule has 0 atom stereocenters. The second kappa shape index (κ2) is 5.70. The summed E-state index contributed by atoms with van der Waals surface area (Å²) in [5.41, 5.74) is 8.35. The van der Waals surface area contributed by atoms with Crippen molar-refractivity contribution in [3.8, 4) is 0 Å². The Balaban J connectivity index is 1.97. The van der Waals surface area contributed by atoms with Crippen molar-refractivity contribution in [2.24, 2.45) is 5.73 Å². The number of ether oxygens (including phenoxy) is 1. The van der Waals surface area contributed by atoms with Crippen LogP contribution < -0.4 is 10.6 Å². The largest absolute Gasteiger partial charge is 0.378 e. The number of rotatable bonds is 2. The van der Waals surface area contributed by atoms with Crippen molar-refractivity contribution in [2.45, 2.75) is 37.6 Å². The zero-order valence-electron chi connectivity index (χ0n) is 11.9. The van der Waals surface area contributed by atoms with E-state index in [2.05, 4.69) is 4.90 Å². The SMILES string of the molecule is NC1(c2cc(F)ccc2N2CCOCC2)CCCCC1. The molecule has 2 N–H and O–H groups in total. The minimum absolute atomic E-state index is 0.188. The van der Waals surface area contributed by atoms with Gasteiger partial charge in [0.25, 0.3) is 0 Å². The topological polar surface area (TPSA) is 38.5 Å². The van der Waals surface area contributed by atoms with Crippen LogP contribution in [0.1, 0.15) is 37.7 Å². The molecule has 20 heavy (non-hydrogen) atoms. The van der Waals surface area contributed by atoms with E-state index in [0.717, 1.165) is 63.2 Å². The first-order valence-electron chi connectivity index (χ1n) is 7.61. The molecule has 1 aliphatic carbocycles. The Morgan fingerprint density at radius 2 is 1.80 bits per heavy atom. The van der Waals surface area contributed by atoms with Gasteiger partial charge < -0.3 is 15.4 Å². The average molecular weight is 278 g/mol. The van der Waals surface area contributed by atoms with Gasteiger partial charge in [0.15, 0.2) is 0 Å². The van der Waals surface area contributed by atoms with Gasteiger partial charge in [0, 0.05) is 24.3 Å². The Morgan fingerprint density at radius 1 is 1.10 bits per heavy atom. The highest BCUT2D eigenvalue weighted by Crippen LogP contribution is 2.40. The molecule has 0 bridgehead atoms. The van der Waals surface area contributed by atoms with Gasteiger partial charge in [0.2, 0.25) is 0 Å². The molecule has 0 radical (unpaired) electrons. The number of hydrogen-bond donors (Lipinski definition) is 1. The Labute approximate surface area is 119 Å². The van der Waals surface area contributed by atoms with Crippen LogP contribution in [0.5, 0.6) is 0 Å². The predicted octanol–water partition coefficient (Wildman–Crippen LogP) is 2.78. The van der Waals surface area contributed by atoms with Crippen molar-refractivity contribution in [1.29, 1.82) is 0 Å². The number of halogens is 1. The minimum Gasteiger partial charge on any atom is -0.378 e. The van der Waals surface area contributed by atoms with Crippen LogP contribution in [0.4, 0.5) is 10.1 Å². The van der Waals surface area contributed by atoms with Gasteiger partial charge in [-0.2, -0.15) is 0 Å². The molecule has 3 nitrogen and oxygen atoms in total. The fourth-order valence-electron chi connectivity index (χ4n) is 3.44. The standard InChI is InChI=1S/C16H23FN2O/c17-13-4-5-15(19-8-10-20-11-9-19)14(12-13)16(18)6-2-1-3-7-16/h4-5,12H,1-3,6-11,18H2. The molecule has 2 aliphatic rings. The molecule has 1 aromatic carbocycles. The van der Waals surface area contributed by atoms with Crippen molar-refractivity contribution in [1.82, 2.24) is 0 Å². The van der Waals surface area contributed by atoms with E-state index in [1.165, 1.54) is 6.42 Å². The molecule has 1 aromatic rings. The highest BCUT2D eigenvalue weighted by Gasteiger charge is 2.33. The molecule has 1 saturated heterocycles. The maximum Gasteiger partial charge on any atom is 0.123 e. The summed E-state index contributed by atoms with van der Waals surface area (Å²) in [6, 6.07) is 5.08. The Hall–Kier alpha value is -1.13. The number of hydrogen-bond acceptors (Lipinski definition) is 3. The molecular formula is C16H23FN2O. The number of nitrogens with zero attached hydrogens (tertiary/aromatic N) is 1. The lowest BCUT2D eigenvalue weighted by molar-refractivity contribution is 0.122. The lowest BCUT2D eigenvalue weighted by atomic mass is 9.76. The van der Waals surface area contributed by atoms with Crippen LogP contribution in [0, 0.1) is 5.82 Å². The van der Waals surface area contributed by atoms with E-state index >= 15 is 0 Å². The Kier molecular flexibility index (Phi) is 3.94. The van der Waals surface area contributed by atoms with Crippen LogP contribution in [0.25, 0.3) is 0 Å². The van der Waals surface area contributed by atoms with E-state index in [4.69, 9.17) is 10.5 Å². The van der Waals surface area contributed by atoms with E-state index in [0.29, 0.717) is 0 Å². The molecule has 0 spiro atoms. The van der Waals surface area contributed by atoms with Crippen molar-refractivity contribution >= 4 is 5.69 Å². The summed E-state index contributed by atoms with van der Waals surface area (Å²) in [5.74, 6) is -0.188. The molecule has 4 heteroatoms. The summed E-state index contributed by atoms with van der Waals surface area (Å²) in [6.07, 6.45) is 5.41. The zero-order chi connectivity index (χ0) is 14.0. The van der Waals surface area contributed by atoms with Gasteiger partial charge in [-0.3, -0.25) is 0 Å². The normalized spacial score (nSPS) is 22.8. The second-order valence-electron chi connectivity index (χ2n) is 5.98. The molecule has 1 heterocycles. The third-order valence-electron chi connectivity index (χ3n) is 4.59. The van der Waals surface area contributed by atoms with Crippen LogP contribution in [-0.4, -0.2) is 26.3 Å². The predicted molar refractivity (Wildman–Crippen MR) is 78.4 cm³/mol. The lowest BCUT2D eigenvalue weighted by Crippen LogP contribution is -2.43. The maximum absolute atomic E-state index is 13.7. The fraction of sp³-hybridized carbons (Fsp3) is 0.625. The first-order chi connectivity index (χ1) is 9.69. The Bertz CT molecular complexity index is 466. The molecule has 1 saturated carbocycles. The van der Waals surface area contributed by atoms with Crippen LogP contribution in [0.2, 0.25) is 0 Å². The molecule has 110 valence electrons. The number of anilines is 1. The van der Waals surface area contributed by atoms with Crippen molar-refractivity contribution in [3.05, 3.63) is 29.6 Å². The summed E-state index contributed by atoms with van der Waals surface area (Å²) >= 11 is 0. The average Bonchev–Trinajstić information content (AvgIpc) is 2.49. The highest BCUT2D eigenvalue weighted by atomic mass is 19.1. The molecule has 2 fully saturated rings. The van der Waals surface area contributed by atoms with E-state index in [-0.39, 0.29) is 11.4 Å². The lowest BCUT2D eigenvalue weighted by Gasteiger charge is -2.39. The van der Waals surface area contributed by atoms with Crippen LogP contribution in [0.3, 0.4) is 0 Å². The molecule has 0 unspecified atom stereocenters. The van der Waals surface area contributed by atoms with E-state index < -0.39 is 0 Å². The zero-order valence-corrected chi connectivity index (χ0v) is 11.9. The first kappa shape index (κ1) is 13.8. The van der Waals surface area contributed by atoms with Crippen molar-refractivity contribution in [2.75, 3.05) is 31.2 Å². The van der Waals surface area contributed by atoms with E-state index in [1.54, 1.807) is 12.1 Å². The van der Waals surface area contributed by atoms with Gasteiger partial charge in [0.05, 0.1) is 13.2 Å². The smallest absolute Gasteiger partial charge is 0.123 e. The summed E-state index contributed by atoms with van der Waals surface area (Å²) < 4.78 is 19.1. The monoisotopic (exact) mass is 278 g/mol. The van der Waals surface area contributed by atoms with Gasteiger partial charge in [-0.25, -0.2) is 4.39 Å². The van der Waals surface area contributed by atoms with Gasteiger partial charge in [0.1, 0.15) is 5.82 Å². The fourth-order valence-corrected chi connectivity index (χ4v) is 3.44. The van der Waals surface area contributed by atoms with Crippen LogP contribution >= 0.6 is 0 Å². The quantitative estimate of drug-likeness (QED) is 0.904. The van der Waals surface area contributed by atoms with Gasteiger partial charge in [-0.05, 0) is 36.6 Å². The first-order valence-corrected chi connectivity index (χ1v) is 7.61.